The molecule has 3 aromatic rings. The summed E-state index contributed by atoms with van der Waals surface area (Å²) in [5.41, 5.74) is 1.17. The van der Waals surface area contributed by atoms with Gasteiger partial charge < -0.3 is 4.57 Å². The summed E-state index contributed by atoms with van der Waals surface area (Å²) in [5, 5.41) is 11.3. The Morgan fingerprint density at radius 2 is 2.09 bits per heavy atom. The molecule has 1 heterocycles. The van der Waals surface area contributed by atoms with E-state index in [1.807, 2.05) is 0 Å². The molecule has 6 nitrogen and oxygen atoms in total. The average molecular weight is 348 g/mol. The lowest BCUT2D eigenvalue weighted by Crippen LogP contribution is -2.13. The molecule has 116 valence electrons. The minimum absolute atomic E-state index is 0.00654. The molecule has 1 amide bonds. The van der Waals surface area contributed by atoms with Gasteiger partial charge in [-0.2, -0.15) is 4.99 Å². The van der Waals surface area contributed by atoms with E-state index < -0.39 is 10.8 Å². The van der Waals surface area contributed by atoms with E-state index in [9.17, 15) is 14.9 Å². The molecule has 0 fully saturated rings. The zero-order valence-electron chi connectivity index (χ0n) is 11.9. The Hall–Kier alpha value is -2.51. The second-order valence-corrected chi connectivity index (χ2v) is 6.23. The molecule has 0 spiro atoms. The van der Waals surface area contributed by atoms with Crippen molar-refractivity contribution in [2.75, 3.05) is 0 Å². The Morgan fingerprint density at radius 3 is 2.78 bits per heavy atom. The van der Waals surface area contributed by atoms with E-state index in [0.717, 1.165) is 5.52 Å². The third-order valence-electron chi connectivity index (χ3n) is 3.27. The normalized spacial score (nSPS) is 11.8. The van der Waals surface area contributed by atoms with Gasteiger partial charge in [0.05, 0.1) is 15.1 Å². The number of hydrogen-bond acceptors (Lipinski definition) is 4. The number of nitro benzene ring substituents is 1. The van der Waals surface area contributed by atoms with Gasteiger partial charge >= 0.3 is 0 Å². The van der Waals surface area contributed by atoms with E-state index in [1.54, 1.807) is 41.9 Å². The van der Waals surface area contributed by atoms with Gasteiger partial charge in [-0.15, -0.1) is 0 Å². The monoisotopic (exact) mass is 347 g/mol. The summed E-state index contributed by atoms with van der Waals surface area (Å²) >= 11 is 7.09. The van der Waals surface area contributed by atoms with E-state index >= 15 is 0 Å². The summed E-state index contributed by atoms with van der Waals surface area (Å²) in [4.78, 5) is 27.2. The van der Waals surface area contributed by atoms with E-state index in [1.165, 1.54) is 23.5 Å². The van der Waals surface area contributed by atoms with Crippen LogP contribution in [-0.4, -0.2) is 15.4 Å². The number of carbonyl (C=O) groups excluding carboxylic acids is 1. The van der Waals surface area contributed by atoms with Crippen molar-refractivity contribution in [3.05, 3.63) is 68.0 Å². The maximum atomic E-state index is 12.2. The van der Waals surface area contributed by atoms with Crippen molar-refractivity contribution >= 4 is 44.7 Å². The van der Waals surface area contributed by atoms with Crippen LogP contribution in [0.25, 0.3) is 10.2 Å². The Bertz CT molecular complexity index is 1010. The van der Waals surface area contributed by atoms with Crippen LogP contribution in [0.3, 0.4) is 0 Å². The number of non-ortho nitro benzene ring substituents is 1. The molecule has 8 heteroatoms. The predicted molar refractivity (Wildman–Crippen MR) is 88.8 cm³/mol. The maximum absolute atomic E-state index is 12.2. The minimum atomic E-state index is -0.451. The zero-order chi connectivity index (χ0) is 16.6. The first-order valence-electron chi connectivity index (χ1n) is 6.54. The van der Waals surface area contributed by atoms with Crippen LogP contribution in [0, 0.1) is 10.1 Å². The molecular formula is C15H10ClN3O3S. The molecule has 0 aliphatic rings. The summed E-state index contributed by atoms with van der Waals surface area (Å²) in [7, 11) is 1.76. The molecule has 3 rings (SSSR count). The second-order valence-electron chi connectivity index (χ2n) is 4.78. The molecule has 0 saturated heterocycles. The van der Waals surface area contributed by atoms with Crippen LogP contribution in [0.4, 0.5) is 5.69 Å². The molecule has 0 unspecified atom stereocenters. The molecule has 2 aromatic carbocycles. The first kappa shape index (κ1) is 15.4. The van der Waals surface area contributed by atoms with Gasteiger partial charge in [0, 0.05) is 29.8 Å². The Labute approximate surface area is 139 Å². The van der Waals surface area contributed by atoms with Gasteiger partial charge in [-0.05, 0) is 24.3 Å². The number of aromatic nitrogens is 1. The molecule has 0 bridgehead atoms. The lowest BCUT2D eigenvalue weighted by molar-refractivity contribution is -0.384. The van der Waals surface area contributed by atoms with Crippen LogP contribution in [-0.2, 0) is 7.05 Å². The quantitative estimate of drug-likeness (QED) is 0.525. The van der Waals surface area contributed by atoms with Crippen molar-refractivity contribution in [2.45, 2.75) is 0 Å². The summed E-state index contributed by atoms with van der Waals surface area (Å²) in [6, 6.07) is 11.1. The van der Waals surface area contributed by atoms with Crippen LogP contribution < -0.4 is 4.80 Å². The lowest BCUT2D eigenvalue weighted by Gasteiger charge is -1.97. The van der Waals surface area contributed by atoms with Gasteiger partial charge in [-0.3, -0.25) is 14.9 Å². The number of carbonyl (C=O) groups is 1. The highest BCUT2D eigenvalue weighted by atomic mass is 35.5. The molecule has 0 N–H and O–H groups in total. The van der Waals surface area contributed by atoms with Gasteiger partial charge in [0.2, 0.25) is 0 Å². The number of halogens is 1. The van der Waals surface area contributed by atoms with Crippen LogP contribution >= 0.6 is 22.9 Å². The summed E-state index contributed by atoms with van der Waals surface area (Å²) in [6.45, 7) is 0. The highest BCUT2D eigenvalue weighted by Gasteiger charge is 2.11. The van der Waals surface area contributed by atoms with Crippen molar-refractivity contribution < 1.29 is 9.72 Å². The number of nitro groups is 1. The van der Waals surface area contributed by atoms with Gasteiger partial charge in [0.25, 0.3) is 11.6 Å². The number of benzene rings is 2. The number of amides is 1. The smallest absolute Gasteiger partial charge is 0.279 e. The second kappa shape index (κ2) is 5.94. The Balaban J connectivity index is 2.10. The number of hydrogen-bond donors (Lipinski definition) is 0. The standard InChI is InChI=1S/C15H10ClN3O3S/c1-18-12-6-5-11(19(21)22)8-13(12)23-15(18)17-14(20)9-3-2-4-10(16)7-9/h2-8H,1H3. The first-order chi connectivity index (χ1) is 11.0. The van der Waals surface area contributed by atoms with Gasteiger partial charge in [0.15, 0.2) is 4.80 Å². The maximum Gasteiger partial charge on any atom is 0.279 e. The highest BCUT2D eigenvalue weighted by molar-refractivity contribution is 7.16. The van der Waals surface area contributed by atoms with Crippen LogP contribution in [0.15, 0.2) is 47.5 Å². The zero-order valence-corrected chi connectivity index (χ0v) is 13.5. The molecule has 23 heavy (non-hydrogen) atoms. The Morgan fingerprint density at radius 1 is 1.30 bits per heavy atom. The average Bonchev–Trinajstić information content (AvgIpc) is 2.83. The van der Waals surface area contributed by atoms with Crippen molar-refractivity contribution in [1.82, 2.24) is 4.57 Å². The summed E-state index contributed by atoms with van der Waals surface area (Å²) in [6.07, 6.45) is 0. The number of aryl methyl sites for hydroxylation is 1. The largest absolute Gasteiger partial charge is 0.319 e. The molecule has 0 radical (unpaired) electrons. The van der Waals surface area contributed by atoms with E-state index in [0.29, 0.717) is 20.1 Å². The Kier molecular flexibility index (Phi) is 3.97. The topological polar surface area (TPSA) is 77.5 Å². The van der Waals surface area contributed by atoms with Crippen LogP contribution in [0.5, 0.6) is 0 Å². The number of fused-ring (bicyclic) bond motifs is 1. The SMILES string of the molecule is Cn1c(=NC(=O)c2cccc(Cl)c2)sc2cc([N+](=O)[O-])ccc21. The molecule has 1 aromatic heterocycles. The molecule has 0 saturated carbocycles. The third-order valence-corrected chi connectivity index (χ3v) is 4.60. The fraction of sp³-hybridized carbons (Fsp3) is 0.0667. The predicted octanol–water partition coefficient (Wildman–Crippen LogP) is 3.54. The highest BCUT2D eigenvalue weighted by Crippen LogP contribution is 2.22. The molecule has 0 aliphatic heterocycles. The van der Waals surface area contributed by atoms with Gasteiger partial charge in [-0.1, -0.05) is 29.0 Å². The van der Waals surface area contributed by atoms with Crippen molar-refractivity contribution in [1.29, 1.82) is 0 Å². The van der Waals surface area contributed by atoms with Crippen molar-refractivity contribution in [3.63, 3.8) is 0 Å². The molecule has 0 aliphatic carbocycles. The number of rotatable bonds is 2. The number of nitrogens with zero attached hydrogens (tertiary/aromatic N) is 3. The van der Waals surface area contributed by atoms with Crippen molar-refractivity contribution in [2.24, 2.45) is 12.0 Å². The summed E-state index contributed by atoms with van der Waals surface area (Å²) in [5.74, 6) is -0.413. The van der Waals surface area contributed by atoms with Crippen LogP contribution in [0.2, 0.25) is 5.02 Å². The van der Waals surface area contributed by atoms with Crippen LogP contribution in [0.1, 0.15) is 10.4 Å². The van der Waals surface area contributed by atoms with E-state index in [-0.39, 0.29) is 5.69 Å². The first-order valence-corrected chi connectivity index (χ1v) is 7.74. The molecule has 0 atom stereocenters. The summed E-state index contributed by atoms with van der Waals surface area (Å²) < 4.78 is 2.42. The minimum Gasteiger partial charge on any atom is -0.319 e. The van der Waals surface area contributed by atoms with Gasteiger partial charge in [0.1, 0.15) is 0 Å². The van der Waals surface area contributed by atoms with E-state index in [2.05, 4.69) is 4.99 Å². The number of thiazole rings is 1. The molecular weight excluding hydrogens is 338 g/mol. The lowest BCUT2D eigenvalue weighted by atomic mass is 10.2. The van der Waals surface area contributed by atoms with Gasteiger partial charge in [-0.25, -0.2) is 0 Å². The third kappa shape index (κ3) is 3.01. The fourth-order valence-corrected chi connectivity index (χ4v) is 3.36. The fourth-order valence-electron chi connectivity index (χ4n) is 2.12. The van der Waals surface area contributed by atoms with E-state index in [4.69, 9.17) is 11.6 Å². The van der Waals surface area contributed by atoms with Crippen molar-refractivity contribution in [3.8, 4) is 0 Å².